The molecule has 0 radical (unpaired) electrons. The van der Waals surface area contributed by atoms with Crippen LogP contribution < -0.4 is 23.8 Å². The quantitative estimate of drug-likeness (QED) is 0.144. The number of imidazole rings is 1. The molecule has 46 heavy (non-hydrogen) atoms. The van der Waals surface area contributed by atoms with Crippen molar-refractivity contribution in [2.75, 3.05) is 31.1 Å². The molecule has 242 valence electrons. The van der Waals surface area contributed by atoms with Crippen LogP contribution in [-0.4, -0.2) is 64.1 Å². The Bertz CT molecular complexity index is 1630. The average molecular weight is 640 g/mol. The lowest BCUT2D eigenvalue weighted by atomic mass is 10.1. The molecule has 0 saturated carbocycles. The van der Waals surface area contributed by atoms with Crippen molar-refractivity contribution in [1.29, 1.82) is 0 Å². The molecule has 0 amide bonds. The van der Waals surface area contributed by atoms with Gasteiger partial charge >= 0.3 is 18.2 Å². The number of fused-ring (bicyclic) bond motifs is 1. The molecule has 1 aromatic heterocycles. The number of hydrogen-bond donors (Lipinski definition) is 0. The normalized spacial score (nSPS) is 18.4. The highest BCUT2D eigenvalue weighted by molar-refractivity contribution is 5.50. The van der Waals surface area contributed by atoms with Crippen molar-refractivity contribution in [3.8, 4) is 29.0 Å². The SMILES string of the molecule is C[C@@H]1CN(Cc2ccc(Oc3ccc(OC(F)(F)F)cc3)cc2)CCN1c1ccc(OC[C@@H]2CCn3cc([N+](=O)[O-])nc3O2)cc1. The number of rotatable bonds is 10. The maximum Gasteiger partial charge on any atom is 0.573 e. The van der Waals surface area contributed by atoms with Gasteiger partial charge in [-0.25, -0.2) is 0 Å². The molecule has 2 aliphatic rings. The van der Waals surface area contributed by atoms with E-state index in [1.54, 1.807) is 4.57 Å². The van der Waals surface area contributed by atoms with Crippen molar-refractivity contribution < 1.29 is 37.0 Å². The fraction of sp³-hybridized carbons (Fsp3) is 0.344. The topological polar surface area (TPSA) is 104 Å². The minimum absolute atomic E-state index is 0.224. The Morgan fingerprint density at radius 3 is 2.24 bits per heavy atom. The average Bonchev–Trinajstić information content (AvgIpc) is 3.46. The summed E-state index contributed by atoms with van der Waals surface area (Å²) in [5, 5.41) is 11.0. The first kappa shape index (κ1) is 31.0. The number of nitro groups is 1. The lowest BCUT2D eigenvalue weighted by Crippen LogP contribution is -2.51. The third-order valence-corrected chi connectivity index (χ3v) is 7.82. The van der Waals surface area contributed by atoms with Crippen molar-refractivity contribution in [1.82, 2.24) is 14.5 Å². The fourth-order valence-electron chi connectivity index (χ4n) is 5.59. The van der Waals surface area contributed by atoms with Gasteiger partial charge in [-0.15, -0.1) is 13.2 Å². The summed E-state index contributed by atoms with van der Waals surface area (Å²) in [6, 6.07) is 21.5. The maximum absolute atomic E-state index is 12.4. The Morgan fingerprint density at radius 1 is 0.935 bits per heavy atom. The number of alkyl halides is 3. The number of hydrogen-bond acceptors (Lipinski definition) is 9. The van der Waals surface area contributed by atoms with E-state index in [0.29, 0.717) is 31.1 Å². The van der Waals surface area contributed by atoms with Crippen LogP contribution in [0.4, 0.5) is 24.7 Å². The van der Waals surface area contributed by atoms with E-state index in [1.807, 2.05) is 36.4 Å². The molecule has 14 heteroatoms. The molecule has 0 N–H and O–H groups in total. The molecular formula is C32H32F3N5O6. The van der Waals surface area contributed by atoms with Gasteiger partial charge in [0.2, 0.25) is 0 Å². The number of nitrogens with zero attached hydrogens (tertiary/aromatic N) is 5. The van der Waals surface area contributed by atoms with Gasteiger partial charge in [0, 0.05) is 55.9 Å². The van der Waals surface area contributed by atoms with Crippen LogP contribution in [0.25, 0.3) is 0 Å². The van der Waals surface area contributed by atoms with E-state index in [9.17, 15) is 23.3 Å². The molecule has 11 nitrogen and oxygen atoms in total. The molecular weight excluding hydrogens is 607 g/mol. The first-order chi connectivity index (χ1) is 22.1. The largest absolute Gasteiger partial charge is 0.573 e. The number of piperazine rings is 1. The Labute approximate surface area is 262 Å². The summed E-state index contributed by atoms with van der Waals surface area (Å²) >= 11 is 0. The van der Waals surface area contributed by atoms with Crippen LogP contribution >= 0.6 is 0 Å². The molecule has 0 bridgehead atoms. The third kappa shape index (κ3) is 7.80. The second-order valence-corrected chi connectivity index (χ2v) is 11.2. The summed E-state index contributed by atoms with van der Waals surface area (Å²) < 4.78 is 60.1. The Morgan fingerprint density at radius 2 is 1.59 bits per heavy atom. The van der Waals surface area contributed by atoms with Crippen molar-refractivity contribution in [2.24, 2.45) is 0 Å². The minimum Gasteiger partial charge on any atom is -0.490 e. The van der Waals surface area contributed by atoms with Crippen molar-refractivity contribution in [2.45, 2.75) is 44.9 Å². The van der Waals surface area contributed by atoms with Gasteiger partial charge < -0.3 is 34.0 Å². The van der Waals surface area contributed by atoms with Crippen LogP contribution in [0.3, 0.4) is 0 Å². The number of benzene rings is 3. The predicted molar refractivity (Wildman–Crippen MR) is 162 cm³/mol. The highest BCUT2D eigenvalue weighted by Crippen LogP contribution is 2.29. The van der Waals surface area contributed by atoms with Crippen LogP contribution in [0.1, 0.15) is 18.9 Å². The summed E-state index contributed by atoms with van der Waals surface area (Å²) in [6.45, 7) is 6.52. The monoisotopic (exact) mass is 639 g/mol. The predicted octanol–water partition coefficient (Wildman–Crippen LogP) is 6.42. The molecule has 0 unspecified atom stereocenters. The highest BCUT2D eigenvalue weighted by atomic mass is 19.4. The van der Waals surface area contributed by atoms with Crippen molar-refractivity contribution in [3.05, 3.63) is 94.7 Å². The molecule has 3 aromatic carbocycles. The van der Waals surface area contributed by atoms with E-state index >= 15 is 0 Å². The van der Waals surface area contributed by atoms with E-state index < -0.39 is 11.3 Å². The number of anilines is 1. The maximum atomic E-state index is 12.4. The van der Waals surface area contributed by atoms with Gasteiger partial charge in [0.05, 0.1) is 0 Å². The third-order valence-electron chi connectivity index (χ3n) is 7.82. The Hall–Kier alpha value is -4.98. The molecule has 3 heterocycles. The zero-order chi connectivity index (χ0) is 32.3. The van der Waals surface area contributed by atoms with E-state index in [1.165, 1.54) is 30.5 Å². The fourth-order valence-corrected chi connectivity index (χ4v) is 5.59. The van der Waals surface area contributed by atoms with E-state index in [-0.39, 0.29) is 29.7 Å². The number of ether oxygens (including phenoxy) is 4. The van der Waals surface area contributed by atoms with Crippen LogP contribution in [0, 0.1) is 10.1 Å². The van der Waals surface area contributed by atoms with Gasteiger partial charge in [-0.3, -0.25) is 9.47 Å². The summed E-state index contributed by atoms with van der Waals surface area (Å²) in [6.07, 6.45) is -2.93. The zero-order valence-electron chi connectivity index (χ0n) is 24.9. The van der Waals surface area contributed by atoms with Gasteiger partial charge in [-0.05, 0) is 78.1 Å². The molecule has 1 fully saturated rings. The standard InChI is InChI=1S/C32H32F3N5O6/c1-22-18-37(19-23-2-6-26(7-3-23)44-27-10-12-28(13-11-27)46-32(33,34)35)16-17-39(22)24-4-8-25(9-5-24)43-21-29-14-15-38-20-30(40(41)42)36-31(38)45-29/h2-13,20,22,29H,14-19,21H2,1H3/t22-,29+/m1/s1. The molecule has 6 rings (SSSR count). The number of aromatic nitrogens is 2. The smallest absolute Gasteiger partial charge is 0.490 e. The number of aryl methyl sites for hydroxylation is 1. The molecule has 2 aliphatic heterocycles. The first-order valence-electron chi connectivity index (χ1n) is 14.8. The van der Waals surface area contributed by atoms with Crippen LogP contribution in [0.15, 0.2) is 79.0 Å². The van der Waals surface area contributed by atoms with Crippen LogP contribution in [0.5, 0.6) is 29.0 Å². The zero-order valence-corrected chi connectivity index (χ0v) is 24.9. The number of halogens is 3. The molecule has 1 saturated heterocycles. The van der Waals surface area contributed by atoms with Gasteiger partial charge in [0.15, 0.2) is 0 Å². The van der Waals surface area contributed by atoms with Crippen LogP contribution in [-0.2, 0) is 13.1 Å². The molecule has 4 aromatic rings. The van der Waals surface area contributed by atoms with Crippen molar-refractivity contribution >= 4 is 11.5 Å². The first-order valence-corrected chi connectivity index (χ1v) is 14.8. The Kier molecular flexibility index (Phi) is 8.88. The summed E-state index contributed by atoms with van der Waals surface area (Å²) in [5.74, 6) is 1.19. The van der Waals surface area contributed by atoms with E-state index in [0.717, 1.165) is 43.2 Å². The second-order valence-electron chi connectivity index (χ2n) is 11.2. The van der Waals surface area contributed by atoms with E-state index in [2.05, 4.69) is 38.6 Å². The lowest BCUT2D eigenvalue weighted by Gasteiger charge is -2.41. The van der Waals surface area contributed by atoms with Crippen LogP contribution in [0.2, 0.25) is 0 Å². The minimum atomic E-state index is -4.73. The summed E-state index contributed by atoms with van der Waals surface area (Å²) in [4.78, 5) is 19.1. The summed E-state index contributed by atoms with van der Waals surface area (Å²) in [7, 11) is 0. The van der Waals surface area contributed by atoms with Crippen molar-refractivity contribution in [3.63, 3.8) is 0 Å². The molecule has 0 spiro atoms. The Balaban J connectivity index is 0.949. The van der Waals surface area contributed by atoms with Gasteiger partial charge in [-0.1, -0.05) is 12.1 Å². The van der Waals surface area contributed by atoms with Gasteiger partial charge in [0.25, 0.3) is 0 Å². The van der Waals surface area contributed by atoms with E-state index in [4.69, 9.17) is 14.2 Å². The highest BCUT2D eigenvalue weighted by Gasteiger charge is 2.31. The molecule has 0 aliphatic carbocycles. The molecule has 2 atom stereocenters. The lowest BCUT2D eigenvalue weighted by molar-refractivity contribution is -0.389. The van der Waals surface area contributed by atoms with Gasteiger partial charge in [0.1, 0.15) is 41.9 Å². The summed E-state index contributed by atoms with van der Waals surface area (Å²) in [5.41, 5.74) is 2.25. The second kappa shape index (κ2) is 13.2. The van der Waals surface area contributed by atoms with Gasteiger partial charge in [-0.2, -0.15) is 0 Å².